The van der Waals surface area contributed by atoms with Crippen LogP contribution in [0.3, 0.4) is 0 Å². The summed E-state index contributed by atoms with van der Waals surface area (Å²) in [4.78, 5) is 13.1. The van der Waals surface area contributed by atoms with Crippen LogP contribution in [-0.2, 0) is 0 Å². The van der Waals surface area contributed by atoms with E-state index in [9.17, 15) is 4.79 Å². The Bertz CT molecular complexity index is 1200. The van der Waals surface area contributed by atoms with Crippen LogP contribution in [0.25, 0.3) is 0 Å². The predicted molar refractivity (Wildman–Crippen MR) is 120 cm³/mol. The summed E-state index contributed by atoms with van der Waals surface area (Å²) in [7, 11) is 0. The molecule has 2 aliphatic heterocycles. The van der Waals surface area contributed by atoms with Crippen LogP contribution in [0.5, 0.6) is 17.2 Å². The van der Waals surface area contributed by atoms with E-state index in [0.717, 1.165) is 33.7 Å². The Morgan fingerprint density at radius 3 is 2.39 bits per heavy atom. The van der Waals surface area contributed by atoms with E-state index in [0.29, 0.717) is 23.7 Å². The highest BCUT2D eigenvalue weighted by atomic mass is 16.7. The first-order valence-electron chi connectivity index (χ1n) is 10.5. The average molecular weight is 415 g/mol. The van der Waals surface area contributed by atoms with Gasteiger partial charge in [0.25, 0.3) is 5.91 Å². The molecule has 5 nitrogen and oxygen atoms in total. The molecule has 3 aromatic rings. The molecule has 0 aromatic heterocycles. The molecule has 0 bridgehead atoms. The fourth-order valence-corrected chi connectivity index (χ4v) is 4.47. The van der Waals surface area contributed by atoms with Gasteiger partial charge in [-0.1, -0.05) is 29.8 Å². The van der Waals surface area contributed by atoms with E-state index in [4.69, 9.17) is 14.2 Å². The zero-order valence-electron chi connectivity index (χ0n) is 18.2. The van der Waals surface area contributed by atoms with Crippen molar-refractivity contribution in [2.75, 3.05) is 18.7 Å². The fraction of sp³-hybridized carbons (Fsp3) is 0.269. The van der Waals surface area contributed by atoms with Gasteiger partial charge in [-0.25, -0.2) is 0 Å². The molecule has 5 heteroatoms. The Balaban J connectivity index is 1.53. The van der Waals surface area contributed by atoms with Crippen molar-refractivity contribution in [1.82, 2.24) is 0 Å². The van der Waals surface area contributed by atoms with Gasteiger partial charge in [0.2, 0.25) is 6.79 Å². The number of ether oxygens (including phenoxy) is 3. The third kappa shape index (κ3) is 3.21. The van der Waals surface area contributed by atoms with Gasteiger partial charge in [-0.05, 0) is 68.1 Å². The van der Waals surface area contributed by atoms with Crippen molar-refractivity contribution in [2.24, 2.45) is 0 Å². The molecule has 2 heterocycles. The number of carbonyl (C=O) groups is 1. The molecule has 0 spiro atoms. The van der Waals surface area contributed by atoms with Crippen LogP contribution in [0, 0.1) is 27.7 Å². The number of nitrogens with one attached hydrogen (secondary N) is 1. The normalized spacial score (nSPS) is 16.1. The van der Waals surface area contributed by atoms with Crippen LogP contribution < -0.4 is 19.5 Å². The van der Waals surface area contributed by atoms with Gasteiger partial charge in [0.1, 0.15) is 5.75 Å². The smallest absolute Gasteiger partial charge is 0.255 e. The van der Waals surface area contributed by atoms with Gasteiger partial charge in [-0.15, -0.1) is 0 Å². The maximum Gasteiger partial charge on any atom is 0.255 e. The molecule has 158 valence electrons. The molecule has 1 atom stereocenters. The maximum absolute atomic E-state index is 13.1. The number of carbonyl (C=O) groups excluding carboxylic acids is 1. The lowest BCUT2D eigenvalue weighted by Gasteiger charge is -2.20. The van der Waals surface area contributed by atoms with Crippen LogP contribution in [0.4, 0.5) is 5.69 Å². The molecule has 0 saturated heterocycles. The van der Waals surface area contributed by atoms with Gasteiger partial charge in [0.15, 0.2) is 11.5 Å². The molecule has 0 fully saturated rings. The topological polar surface area (TPSA) is 56.8 Å². The SMILES string of the molecule is Cc1ccc(C2COc3c(C)c(C)c(NC(=O)c4ccc5c(c4)OCO5)c(C)c32)cc1. The van der Waals surface area contributed by atoms with E-state index >= 15 is 0 Å². The fourth-order valence-electron chi connectivity index (χ4n) is 4.47. The molecule has 2 aliphatic rings. The Hall–Kier alpha value is -3.47. The van der Waals surface area contributed by atoms with Crippen LogP contribution in [0.2, 0.25) is 0 Å². The quantitative estimate of drug-likeness (QED) is 0.620. The van der Waals surface area contributed by atoms with Crippen molar-refractivity contribution in [3.63, 3.8) is 0 Å². The van der Waals surface area contributed by atoms with Crippen LogP contribution in [0.15, 0.2) is 42.5 Å². The van der Waals surface area contributed by atoms with Crippen molar-refractivity contribution in [1.29, 1.82) is 0 Å². The zero-order valence-corrected chi connectivity index (χ0v) is 18.2. The van der Waals surface area contributed by atoms with Gasteiger partial charge in [-0.3, -0.25) is 4.79 Å². The number of rotatable bonds is 3. The summed E-state index contributed by atoms with van der Waals surface area (Å²) in [6, 6.07) is 13.8. The van der Waals surface area contributed by atoms with Crippen molar-refractivity contribution < 1.29 is 19.0 Å². The van der Waals surface area contributed by atoms with Crippen LogP contribution in [0.1, 0.15) is 49.7 Å². The summed E-state index contributed by atoms with van der Waals surface area (Å²) in [6.07, 6.45) is 0. The van der Waals surface area contributed by atoms with Gasteiger partial charge in [0.05, 0.1) is 6.61 Å². The Kier molecular flexibility index (Phi) is 4.62. The average Bonchev–Trinajstić information content (AvgIpc) is 3.42. The molecule has 1 N–H and O–H groups in total. The number of anilines is 1. The molecular weight excluding hydrogens is 390 g/mol. The molecule has 0 saturated carbocycles. The van der Waals surface area contributed by atoms with Crippen molar-refractivity contribution in [3.8, 4) is 17.2 Å². The van der Waals surface area contributed by atoms with E-state index < -0.39 is 0 Å². The van der Waals surface area contributed by atoms with Crippen LogP contribution in [-0.4, -0.2) is 19.3 Å². The molecule has 3 aromatic carbocycles. The summed E-state index contributed by atoms with van der Waals surface area (Å²) in [5.41, 5.74) is 8.14. The largest absolute Gasteiger partial charge is 0.492 e. The Labute approximate surface area is 182 Å². The first-order valence-corrected chi connectivity index (χ1v) is 10.5. The second kappa shape index (κ2) is 7.34. The highest BCUT2D eigenvalue weighted by Crippen LogP contribution is 2.47. The molecule has 5 rings (SSSR count). The lowest BCUT2D eigenvalue weighted by Crippen LogP contribution is -2.15. The number of hydrogen-bond acceptors (Lipinski definition) is 4. The molecule has 1 unspecified atom stereocenters. The second-order valence-electron chi connectivity index (χ2n) is 8.29. The minimum absolute atomic E-state index is 0.149. The standard InChI is InChI=1S/C26H25NO4/c1-14-5-7-18(8-6-14)20-12-29-25-16(3)15(2)24(17(4)23(20)25)27-26(28)19-9-10-21-22(11-19)31-13-30-21/h5-11,20H,12-13H2,1-4H3,(H,27,28). The van der Waals surface area contributed by atoms with Crippen LogP contribution >= 0.6 is 0 Å². The summed E-state index contributed by atoms with van der Waals surface area (Å²) >= 11 is 0. The van der Waals surface area contributed by atoms with Gasteiger partial charge < -0.3 is 19.5 Å². The number of benzene rings is 3. The number of hydrogen-bond donors (Lipinski definition) is 1. The Morgan fingerprint density at radius 2 is 1.61 bits per heavy atom. The van der Waals surface area contributed by atoms with Gasteiger partial charge >= 0.3 is 0 Å². The third-order valence-corrected chi connectivity index (χ3v) is 6.40. The highest BCUT2D eigenvalue weighted by molar-refractivity contribution is 6.06. The van der Waals surface area contributed by atoms with E-state index in [1.807, 2.05) is 6.92 Å². The van der Waals surface area contributed by atoms with Gasteiger partial charge in [-0.2, -0.15) is 0 Å². The van der Waals surface area contributed by atoms with E-state index in [1.54, 1.807) is 18.2 Å². The molecule has 0 aliphatic carbocycles. The van der Waals surface area contributed by atoms with E-state index in [2.05, 4.69) is 50.4 Å². The predicted octanol–water partition coefficient (Wildman–Crippen LogP) is 5.43. The monoisotopic (exact) mass is 415 g/mol. The number of amides is 1. The minimum atomic E-state index is -0.172. The maximum atomic E-state index is 13.1. The summed E-state index contributed by atoms with van der Waals surface area (Å²) in [5, 5.41) is 3.15. The minimum Gasteiger partial charge on any atom is -0.492 e. The van der Waals surface area contributed by atoms with E-state index in [1.165, 1.54) is 11.1 Å². The zero-order chi connectivity index (χ0) is 21.7. The first kappa shape index (κ1) is 19.5. The van der Waals surface area contributed by atoms with Crippen molar-refractivity contribution in [2.45, 2.75) is 33.6 Å². The first-order chi connectivity index (χ1) is 14.9. The Morgan fingerprint density at radius 1 is 0.871 bits per heavy atom. The third-order valence-electron chi connectivity index (χ3n) is 6.40. The van der Waals surface area contributed by atoms with Crippen molar-refractivity contribution >= 4 is 11.6 Å². The lowest BCUT2D eigenvalue weighted by atomic mass is 9.86. The number of aryl methyl sites for hydroxylation is 1. The van der Waals surface area contributed by atoms with Gasteiger partial charge in [0, 0.05) is 22.7 Å². The van der Waals surface area contributed by atoms with E-state index in [-0.39, 0.29) is 18.6 Å². The second-order valence-corrected chi connectivity index (χ2v) is 8.29. The molecular formula is C26H25NO4. The lowest BCUT2D eigenvalue weighted by molar-refractivity contribution is 0.102. The van der Waals surface area contributed by atoms with Crippen molar-refractivity contribution in [3.05, 3.63) is 81.4 Å². The highest BCUT2D eigenvalue weighted by Gasteiger charge is 2.32. The number of fused-ring (bicyclic) bond motifs is 2. The summed E-state index contributed by atoms with van der Waals surface area (Å²) in [5.74, 6) is 2.18. The summed E-state index contributed by atoms with van der Waals surface area (Å²) < 4.78 is 16.9. The molecule has 0 radical (unpaired) electrons. The molecule has 1 amide bonds. The summed E-state index contributed by atoms with van der Waals surface area (Å²) in [6.45, 7) is 9.03. The molecule has 31 heavy (non-hydrogen) atoms.